The third-order valence-corrected chi connectivity index (χ3v) is 6.94. The van der Waals surface area contributed by atoms with Gasteiger partial charge in [0.05, 0.1) is 18.8 Å². The van der Waals surface area contributed by atoms with E-state index in [1.165, 1.54) is 16.7 Å². The van der Waals surface area contributed by atoms with Crippen LogP contribution in [-0.2, 0) is 23.0 Å². The third kappa shape index (κ3) is 4.92. The first kappa shape index (κ1) is 26.2. The van der Waals surface area contributed by atoms with Crippen molar-refractivity contribution < 1.29 is 35.2 Å². The highest BCUT2D eigenvalue weighted by atomic mass is 32.2. The summed E-state index contributed by atoms with van der Waals surface area (Å²) in [5.41, 5.74) is -4.12. The van der Waals surface area contributed by atoms with E-state index in [2.05, 4.69) is 20.4 Å². The van der Waals surface area contributed by atoms with Crippen LogP contribution in [0.4, 0.5) is 27.8 Å². The van der Waals surface area contributed by atoms with Gasteiger partial charge in [-0.15, -0.1) is 0 Å². The molecule has 0 bridgehead atoms. The Morgan fingerprint density at radius 3 is 2.49 bits per heavy atom. The molecular weight excluding hydrogens is 525 g/mol. The topological polar surface area (TPSA) is 112 Å². The van der Waals surface area contributed by atoms with Gasteiger partial charge in [0.1, 0.15) is 12.0 Å². The molecule has 1 aliphatic rings. The summed E-state index contributed by atoms with van der Waals surface area (Å²) in [6, 6.07) is 2.36. The number of hydrazone groups is 1. The summed E-state index contributed by atoms with van der Waals surface area (Å²) in [6.45, 7) is 2.29. The van der Waals surface area contributed by atoms with Crippen molar-refractivity contribution in [2.75, 3.05) is 18.1 Å². The molecule has 0 fully saturated rings. The number of aromatic nitrogens is 3. The average molecular weight is 545 g/mol. The molecule has 1 N–H and O–H groups in total. The standard InChI is InChI=1S/C21H20F5N7O3S/c1-3-16-17(32-10-12(2)6-14(22)19(32)30-16)20(34)28-9-13-7-15(23)18(27-8-13)33-5-4-31(11-29-33)37(35,36)21(24,25)26/h6-8,10-11H,3-5,9H2,1-2H3,(H,28,34). The number of pyridine rings is 2. The number of fused-ring (bicyclic) bond motifs is 1. The highest BCUT2D eigenvalue weighted by Gasteiger charge is 2.50. The zero-order valence-electron chi connectivity index (χ0n) is 19.4. The molecule has 37 heavy (non-hydrogen) atoms. The number of aryl methyl sites for hydroxylation is 2. The third-order valence-electron chi connectivity index (χ3n) is 5.46. The van der Waals surface area contributed by atoms with E-state index in [1.54, 1.807) is 20.0 Å². The minimum Gasteiger partial charge on any atom is -0.347 e. The maximum Gasteiger partial charge on any atom is 0.516 e. The van der Waals surface area contributed by atoms with Crippen molar-refractivity contribution in [1.29, 1.82) is 0 Å². The van der Waals surface area contributed by atoms with Crippen molar-refractivity contribution in [2.24, 2.45) is 5.10 Å². The van der Waals surface area contributed by atoms with Gasteiger partial charge in [-0.25, -0.2) is 28.1 Å². The number of hydrogen-bond acceptors (Lipinski definition) is 7. The van der Waals surface area contributed by atoms with Crippen LogP contribution in [0.1, 0.15) is 34.2 Å². The lowest BCUT2D eigenvalue weighted by atomic mass is 10.2. The Labute approximate surface area is 207 Å². The Balaban J connectivity index is 1.48. The zero-order valence-corrected chi connectivity index (χ0v) is 20.2. The second-order valence-electron chi connectivity index (χ2n) is 8.07. The predicted octanol–water partition coefficient (Wildman–Crippen LogP) is 2.72. The highest BCUT2D eigenvalue weighted by Crippen LogP contribution is 2.28. The van der Waals surface area contributed by atoms with Gasteiger partial charge in [0.15, 0.2) is 23.1 Å². The second-order valence-corrected chi connectivity index (χ2v) is 9.95. The molecule has 16 heteroatoms. The number of alkyl halides is 3. The Bertz CT molecular complexity index is 1500. The summed E-state index contributed by atoms with van der Waals surface area (Å²) in [7, 11) is -5.60. The fourth-order valence-corrected chi connectivity index (χ4v) is 4.45. The number of rotatable bonds is 6. The number of nitrogens with one attached hydrogen (secondary N) is 1. The summed E-state index contributed by atoms with van der Waals surface area (Å²) in [5.74, 6) is -2.37. The van der Waals surface area contributed by atoms with Crippen molar-refractivity contribution in [3.63, 3.8) is 0 Å². The number of anilines is 1. The minimum atomic E-state index is -5.60. The van der Waals surface area contributed by atoms with Crippen LogP contribution in [0.15, 0.2) is 29.6 Å². The Morgan fingerprint density at radius 1 is 1.16 bits per heavy atom. The first-order valence-corrected chi connectivity index (χ1v) is 12.3. The van der Waals surface area contributed by atoms with Crippen LogP contribution in [0.2, 0.25) is 0 Å². The molecule has 4 heterocycles. The van der Waals surface area contributed by atoms with Crippen LogP contribution in [-0.4, -0.2) is 57.9 Å². The molecule has 1 amide bonds. The molecule has 1 aliphatic heterocycles. The molecule has 0 unspecified atom stereocenters. The zero-order chi connectivity index (χ0) is 27.1. The van der Waals surface area contributed by atoms with Crippen molar-refractivity contribution in [3.8, 4) is 0 Å². The molecule has 198 valence electrons. The molecule has 3 aromatic heterocycles. The van der Waals surface area contributed by atoms with Crippen LogP contribution < -0.4 is 10.3 Å². The molecule has 3 aromatic rings. The number of halogens is 5. The van der Waals surface area contributed by atoms with Gasteiger partial charge < -0.3 is 5.32 Å². The molecule has 0 aliphatic carbocycles. The predicted molar refractivity (Wildman–Crippen MR) is 122 cm³/mol. The number of imidazole rings is 1. The molecule has 4 rings (SSSR count). The van der Waals surface area contributed by atoms with Crippen molar-refractivity contribution >= 4 is 33.7 Å². The van der Waals surface area contributed by atoms with E-state index >= 15 is 0 Å². The van der Waals surface area contributed by atoms with E-state index in [4.69, 9.17) is 0 Å². The highest BCUT2D eigenvalue weighted by molar-refractivity contribution is 7.90. The second kappa shape index (κ2) is 9.57. The van der Waals surface area contributed by atoms with Gasteiger partial charge in [0, 0.05) is 18.9 Å². The Kier molecular flexibility index (Phi) is 6.79. The molecule has 0 saturated heterocycles. The van der Waals surface area contributed by atoms with E-state index in [-0.39, 0.29) is 40.1 Å². The normalized spacial score (nSPS) is 14.5. The molecule has 0 spiro atoms. The Morgan fingerprint density at radius 2 is 1.89 bits per heavy atom. The van der Waals surface area contributed by atoms with Crippen LogP contribution in [0, 0.1) is 18.6 Å². The van der Waals surface area contributed by atoms with Crippen LogP contribution >= 0.6 is 0 Å². The van der Waals surface area contributed by atoms with Gasteiger partial charge >= 0.3 is 15.5 Å². The number of amides is 1. The van der Waals surface area contributed by atoms with E-state index < -0.39 is 39.6 Å². The molecule has 0 aromatic carbocycles. The molecule has 10 nitrogen and oxygen atoms in total. The molecule has 0 saturated carbocycles. The van der Waals surface area contributed by atoms with Crippen LogP contribution in [0.5, 0.6) is 0 Å². The lowest BCUT2D eigenvalue weighted by molar-refractivity contribution is -0.0471. The minimum absolute atomic E-state index is 0.00773. The monoisotopic (exact) mass is 545 g/mol. The maximum atomic E-state index is 14.7. The summed E-state index contributed by atoms with van der Waals surface area (Å²) < 4.78 is 91.4. The smallest absolute Gasteiger partial charge is 0.347 e. The van der Waals surface area contributed by atoms with E-state index in [9.17, 15) is 35.2 Å². The van der Waals surface area contributed by atoms with Crippen molar-refractivity contribution in [2.45, 2.75) is 32.3 Å². The summed E-state index contributed by atoms with van der Waals surface area (Å²) in [6.07, 6.45) is 3.61. The van der Waals surface area contributed by atoms with Gasteiger partial charge in [-0.05, 0) is 36.6 Å². The maximum absolute atomic E-state index is 14.7. The fraction of sp³-hybridized carbons (Fsp3) is 0.333. The fourth-order valence-electron chi connectivity index (χ4n) is 3.69. The molecule has 0 radical (unpaired) electrons. The lowest BCUT2D eigenvalue weighted by Gasteiger charge is -2.29. The number of carbonyl (C=O) groups excluding carboxylic acids is 1. The number of carbonyl (C=O) groups is 1. The SMILES string of the molecule is CCc1nc2c(F)cc(C)cn2c1C(=O)NCc1cnc(N2CCN(S(=O)(=O)C(F)(F)F)C=N2)c(F)c1. The molecular formula is C21H20F5N7O3S. The van der Waals surface area contributed by atoms with Crippen LogP contribution in [0.25, 0.3) is 5.65 Å². The van der Waals surface area contributed by atoms with Gasteiger partial charge in [0.2, 0.25) is 0 Å². The first-order valence-electron chi connectivity index (χ1n) is 10.8. The van der Waals surface area contributed by atoms with Gasteiger partial charge in [-0.3, -0.25) is 9.20 Å². The van der Waals surface area contributed by atoms with E-state index in [1.807, 2.05) is 0 Å². The molecule has 0 atom stereocenters. The van der Waals surface area contributed by atoms with Crippen LogP contribution in [0.3, 0.4) is 0 Å². The van der Waals surface area contributed by atoms with E-state index in [0.29, 0.717) is 24.0 Å². The summed E-state index contributed by atoms with van der Waals surface area (Å²) in [5, 5.41) is 7.10. The first-order chi connectivity index (χ1) is 17.3. The summed E-state index contributed by atoms with van der Waals surface area (Å²) in [4.78, 5) is 21.0. The van der Waals surface area contributed by atoms with Gasteiger partial charge in [-0.1, -0.05) is 6.92 Å². The van der Waals surface area contributed by atoms with Crippen molar-refractivity contribution in [1.82, 2.24) is 24.0 Å². The Hall–Kier alpha value is -3.82. The van der Waals surface area contributed by atoms with E-state index in [0.717, 1.165) is 11.1 Å². The van der Waals surface area contributed by atoms with Gasteiger partial charge in [-0.2, -0.15) is 26.7 Å². The number of sulfonamides is 1. The lowest BCUT2D eigenvalue weighted by Crippen LogP contribution is -2.46. The van der Waals surface area contributed by atoms with Gasteiger partial charge in [0.25, 0.3) is 5.91 Å². The van der Waals surface area contributed by atoms with Crippen molar-refractivity contribution in [3.05, 3.63) is 58.7 Å². The quantitative estimate of drug-likeness (QED) is 0.477. The summed E-state index contributed by atoms with van der Waals surface area (Å²) >= 11 is 0. The average Bonchev–Trinajstić information content (AvgIpc) is 3.21. The number of hydrogen-bond donors (Lipinski definition) is 1. The number of nitrogens with zero attached hydrogens (tertiary/aromatic N) is 6. The largest absolute Gasteiger partial charge is 0.516 e.